The van der Waals surface area contributed by atoms with Crippen molar-refractivity contribution in [2.75, 3.05) is 20.3 Å². The van der Waals surface area contributed by atoms with E-state index in [1.165, 1.54) is 12.1 Å². The zero-order chi connectivity index (χ0) is 15.2. The Morgan fingerprint density at radius 2 is 2.19 bits per heavy atom. The third-order valence-corrected chi connectivity index (χ3v) is 3.70. The minimum absolute atomic E-state index is 0.291. The molecule has 21 heavy (non-hydrogen) atoms. The molecular formula is C15H19ClFN3O. The molecule has 4 nitrogen and oxygen atoms in total. The highest BCUT2D eigenvalue weighted by molar-refractivity contribution is 6.31. The zero-order valence-corrected chi connectivity index (χ0v) is 13.0. The van der Waals surface area contributed by atoms with Gasteiger partial charge >= 0.3 is 0 Å². The average Bonchev–Trinajstić information content (AvgIpc) is 2.80. The van der Waals surface area contributed by atoms with Crippen molar-refractivity contribution in [3.8, 4) is 0 Å². The Morgan fingerprint density at radius 3 is 2.95 bits per heavy atom. The van der Waals surface area contributed by atoms with E-state index in [0.717, 1.165) is 29.9 Å². The predicted octanol–water partition coefficient (Wildman–Crippen LogP) is 2.77. The van der Waals surface area contributed by atoms with Gasteiger partial charge in [-0.15, -0.1) is 0 Å². The summed E-state index contributed by atoms with van der Waals surface area (Å²) < 4.78 is 20.1. The van der Waals surface area contributed by atoms with E-state index in [2.05, 4.69) is 10.4 Å². The van der Waals surface area contributed by atoms with E-state index in [1.54, 1.807) is 13.2 Å². The van der Waals surface area contributed by atoms with E-state index < -0.39 is 0 Å². The molecule has 1 aromatic carbocycles. The second kappa shape index (κ2) is 7.54. The molecule has 0 aliphatic carbocycles. The highest BCUT2D eigenvalue weighted by Crippen LogP contribution is 2.19. The SMILES string of the molecule is COCCNCc1cnn(Cc2cc(F)ccc2Cl)c1C. The van der Waals surface area contributed by atoms with Crippen LogP contribution < -0.4 is 5.32 Å². The predicted molar refractivity (Wildman–Crippen MR) is 81.1 cm³/mol. The minimum atomic E-state index is -0.291. The Morgan fingerprint density at radius 1 is 1.38 bits per heavy atom. The molecule has 0 saturated heterocycles. The Labute approximate surface area is 128 Å². The molecule has 1 heterocycles. The maximum Gasteiger partial charge on any atom is 0.123 e. The van der Waals surface area contributed by atoms with Gasteiger partial charge in [0.1, 0.15) is 5.82 Å². The number of nitrogens with one attached hydrogen (secondary N) is 1. The van der Waals surface area contributed by atoms with Gasteiger partial charge in [-0.2, -0.15) is 5.10 Å². The van der Waals surface area contributed by atoms with Crippen LogP contribution in [0.1, 0.15) is 16.8 Å². The van der Waals surface area contributed by atoms with Crippen molar-refractivity contribution in [1.29, 1.82) is 0 Å². The monoisotopic (exact) mass is 311 g/mol. The Kier molecular flexibility index (Phi) is 5.73. The molecule has 6 heteroatoms. The van der Waals surface area contributed by atoms with Crippen LogP contribution in [0.25, 0.3) is 0 Å². The van der Waals surface area contributed by atoms with Crippen molar-refractivity contribution in [2.45, 2.75) is 20.0 Å². The molecule has 0 amide bonds. The first-order valence-electron chi connectivity index (χ1n) is 6.76. The quantitative estimate of drug-likeness (QED) is 0.799. The largest absolute Gasteiger partial charge is 0.383 e. The van der Waals surface area contributed by atoms with Crippen molar-refractivity contribution >= 4 is 11.6 Å². The summed E-state index contributed by atoms with van der Waals surface area (Å²) in [4.78, 5) is 0. The fourth-order valence-corrected chi connectivity index (χ4v) is 2.22. The molecule has 0 unspecified atom stereocenters. The van der Waals surface area contributed by atoms with Gasteiger partial charge in [-0.1, -0.05) is 11.6 Å². The van der Waals surface area contributed by atoms with Gasteiger partial charge in [-0.3, -0.25) is 4.68 Å². The number of hydrogen-bond acceptors (Lipinski definition) is 3. The maximum atomic E-state index is 13.3. The Bertz CT molecular complexity index is 601. The molecule has 1 aromatic heterocycles. The van der Waals surface area contributed by atoms with Gasteiger partial charge in [-0.25, -0.2) is 4.39 Å². The molecule has 0 saturated carbocycles. The lowest BCUT2D eigenvalue weighted by Crippen LogP contribution is -2.19. The topological polar surface area (TPSA) is 39.1 Å². The van der Waals surface area contributed by atoms with Gasteiger partial charge < -0.3 is 10.1 Å². The summed E-state index contributed by atoms with van der Waals surface area (Å²) in [5.41, 5.74) is 2.88. The second-order valence-corrected chi connectivity index (χ2v) is 5.23. The van der Waals surface area contributed by atoms with Crippen LogP contribution in [-0.2, 0) is 17.8 Å². The van der Waals surface area contributed by atoms with Gasteiger partial charge in [0.2, 0.25) is 0 Å². The molecule has 2 aromatic rings. The third kappa shape index (κ3) is 4.27. The van der Waals surface area contributed by atoms with Crippen molar-refractivity contribution in [3.05, 3.63) is 52.1 Å². The minimum Gasteiger partial charge on any atom is -0.383 e. The molecule has 0 fully saturated rings. The number of benzene rings is 1. The fourth-order valence-electron chi connectivity index (χ4n) is 2.04. The number of hydrogen-bond donors (Lipinski definition) is 1. The molecule has 0 bridgehead atoms. The zero-order valence-electron chi connectivity index (χ0n) is 12.2. The number of halogens is 2. The van der Waals surface area contributed by atoms with Crippen LogP contribution in [0, 0.1) is 12.7 Å². The molecule has 0 spiro atoms. The number of methoxy groups -OCH3 is 1. The summed E-state index contributed by atoms with van der Waals surface area (Å²) in [5.74, 6) is -0.291. The lowest BCUT2D eigenvalue weighted by molar-refractivity contribution is 0.199. The lowest BCUT2D eigenvalue weighted by Gasteiger charge is -2.08. The number of ether oxygens (including phenoxy) is 1. The first kappa shape index (κ1) is 15.9. The molecule has 1 N–H and O–H groups in total. The molecule has 0 atom stereocenters. The highest BCUT2D eigenvalue weighted by atomic mass is 35.5. The van der Waals surface area contributed by atoms with Gasteiger partial charge in [0.25, 0.3) is 0 Å². The third-order valence-electron chi connectivity index (χ3n) is 3.33. The van der Waals surface area contributed by atoms with E-state index in [9.17, 15) is 4.39 Å². The Balaban J connectivity index is 2.04. The smallest absolute Gasteiger partial charge is 0.123 e. The molecule has 114 valence electrons. The van der Waals surface area contributed by atoms with Crippen molar-refractivity contribution in [2.24, 2.45) is 0 Å². The normalized spacial score (nSPS) is 11.0. The van der Waals surface area contributed by atoms with Gasteiger partial charge in [0.05, 0.1) is 19.3 Å². The average molecular weight is 312 g/mol. The van der Waals surface area contributed by atoms with E-state index in [0.29, 0.717) is 18.2 Å². The fraction of sp³-hybridized carbons (Fsp3) is 0.400. The number of rotatable bonds is 7. The summed E-state index contributed by atoms with van der Waals surface area (Å²) in [6.07, 6.45) is 1.82. The number of nitrogens with zero attached hydrogens (tertiary/aromatic N) is 2. The molecular weight excluding hydrogens is 293 g/mol. The summed E-state index contributed by atoms with van der Waals surface area (Å²) >= 11 is 6.09. The van der Waals surface area contributed by atoms with Gasteiger partial charge in [-0.05, 0) is 30.7 Å². The van der Waals surface area contributed by atoms with Crippen LogP contribution in [0.3, 0.4) is 0 Å². The van der Waals surface area contributed by atoms with E-state index in [-0.39, 0.29) is 5.82 Å². The lowest BCUT2D eigenvalue weighted by atomic mass is 10.2. The number of aromatic nitrogens is 2. The Hall–Kier alpha value is -1.43. The standard InChI is InChI=1S/C15H19ClFN3O/c1-11-13(8-18-5-6-21-2)9-19-20(11)10-12-7-14(17)3-4-15(12)16/h3-4,7,9,18H,5-6,8,10H2,1-2H3. The van der Waals surface area contributed by atoms with Crippen LogP contribution in [0.2, 0.25) is 5.02 Å². The van der Waals surface area contributed by atoms with E-state index >= 15 is 0 Å². The van der Waals surface area contributed by atoms with Crippen LogP contribution in [0.15, 0.2) is 24.4 Å². The summed E-state index contributed by atoms with van der Waals surface area (Å²) in [6, 6.07) is 4.37. The summed E-state index contributed by atoms with van der Waals surface area (Å²) in [7, 11) is 1.67. The molecule has 0 radical (unpaired) electrons. The maximum absolute atomic E-state index is 13.3. The van der Waals surface area contributed by atoms with E-state index in [1.807, 2.05) is 17.8 Å². The van der Waals surface area contributed by atoms with Gasteiger partial charge in [0.15, 0.2) is 0 Å². The first-order valence-corrected chi connectivity index (χ1v) is 7.14. The van der Waals surface area contributed by atoms with Crippen LogP contribution in [-0.4, -0.2) is 30.0 Å². The van der Waals surface area contributed by atoms with Crippen molar-refractivity contribution < 1.29 is 9.13 Å². The van der Waals surface area contributed by atoms with Gasteiger partial charge in [0, 0.05) is 36.5 Å². The molecule has 2 rings (SSSR count). The molecule has 0 aliphatic heterocycles. The van der Waals surface area contributed by atoms with Crippen molar-refractivity contribution in [3.63, 3.8) is 0 Å². The van der Waals surface area contributed by atoms with E-state index in [4.69, 9.17) is 16.3 Å². The van der Waals surface area contributed by atoms with Crippen molar-refractivity contribution in [1.82, 2.24) is 15.1 Å². The van der Waals surface area contributed by atoms with Crippen LogP contribution >= 0.6 is 11.6 Å². The first-order chi connectivity index (χ1) is 10.1. The van der Waals surface area contributed by atoms with Crippen LogP contribution in [0.5, 0.6) is 0 Å². The summed E-state index contributed by atoms with van der Waals surface area (Å²) in [5, 5.41) is 8.17. The van der Waals surface area contributed by atoms with Crippen LogP contribution in [0.4, 0.5) is 4.39 Å². The highest BCUT2D eigenvalue weighted by Gasteiger charge is 2.09. The second-order valence-electron chi connectivity index (χ2n) is 4.82. The molecule has 0 aliphatic rings. The summed E-state index contributed by atoms with van der Waals surface area (Å²) in [6.45, 7) is 4.64.